The molecule has 1 rings (SSSR count). The second-order valence-corrected chi connectivity index (χ2v) is 2.50. The molecule has 0 fully saturated rings. The highest BCUT2D eigenvalue weighted by atomic mass is 16.5. The maximum atomic E-state index is 10.8. The Morgan fingerprint density at radius 3 is 2.64 bits per heavy atom. The van der Waals surface area contributed by atoms with Crippen LogP contribution in [0.2, 0.25) is 0 Å². The normalized spacial score (nSPS) is 13.0. The molecular weight excluding hydrogens is 144 g/mol. The Morgan fingerprint density at radius 2 is 2.27 bits per heavy atom. The lowest BCUT2D eigenvalue weighted by Crippen LogP contribution is -2.05. The smallest absolute Gasteiger partial charge is 0.223 e. The van der Waals surface area contributed by atoms with Gasteiger partial charge in [0.25, 0.3) is 0 Å². The Morgan fingerprint density at radius 1 is 1.64 bits per heavy atom. The van der Waals surface area contributed by atoms with Crippen LogP contribution in [0.3, 0.4) is 0 Å². The van der Waals surface area contributed by atoms with E-state index < -0.39 is 0 Å². The summed E-state index contributed by atoms with van der Waals surface area (Å²) < 4.78 is 4.72. The third kappa shape index (κ3) is 1.63. The largest absolute Gasteiger partial charge is 0.340 e. The van der Waals surface area contributed by atoms with E-state index in [4.69, 9.17) is 4.52 Å². The zero-order valence-corrected chi connectivity index (χ0v) is 6.79. The highest BCUT2D eigenvalue weighted by Gasteiger charge is 2.15. The van der Waals surface area contributed by atoms with Gasteiger partial charge in [-0.1, -0.05) is 5.16 Å². The molecule has 0 radical (unpaired) electrons. The number of hydrogen-bond acceptors (Lipinski definition) is 4. The third-order valence-corrected chi connectivity index (χ3v) is 1.54. The fourth-order valence-electron chi connectivity index (χ4n) is 0.673. The molecule has 1 unspecified atom stereocenters. The van der Waals surface area contributed by atoms with Gasteiger partial charge in [0.1, 0.15) is 5.78 Å². The number of aryl methyl sites for hydroxylation is 1. The molecule has 4 heteroatoms. The Balaban J connectivity index is 2.84. The zero-order valence-electron chi connectivity index (χ0n) is 6.79. The summed E-state index contributed by atoms with van der Waals surface area (Å²) in [5.74, 6) is 0.751. The molecule has 60 valence electrons. The summed E-state index contributed by atoms with van der Waals surface area (Å²) in [6, 6.07) is 0. The van der Waals surface area contributed by atoms with Gasteiger partial charge in [0.05, 0.1) is 5.92 Å². The highest BCUT2D eigenvalue weighted by Crippen LogP contribution is 2.11. The molecule has 0 aliphatic heterocycles. The Kier molecular flexibility index (Phi) is 2.03. The fraction of sp³-hybridized carbons (Fsp3) is 0.571. The van der Waals surface area contributed by atoms with Crippen molar-refractivity contribution >= 4 is 5.78 Å². The maximum Gasteiger partial charge on any atom is 0.223 e. The number of aromatic nitrogens is 2. The summed E-state index contributed by atoms with van der Waals surface area (Å²) in [7, 11) is 0. The SMILES string of the molecule is CC(=O)C(C)c1noc(C)n1. The minimum Gasteiger partial charge on any atom is -0.340 e. The predicted molar refractivity (Wildman–Crippen MR) is 38.1 cm³/mol. The third-order valence-electron chi connectivity index (χ3n) is 1.54. The van der Waals surface area contributed by atoms with Crippen molar-refractivity contribution in [3.63, 3.8) is 0 Å². The standard InChI is InChI=1S/C7H10N2O2/c1-4(5(2)10)7-8-6(3)11-9-7/h4H,1-3H3. The van der Waals surface area contributed by atoms with Gasteiger partial charge in [-0.2, -0.15) is 4.98 Å². The van der Waals surface area contributed by atoms with Crippen LogP contribution in [0.1, 0.15) is 31.5 Å². The van der Waals surface area contributed by atoms with Gasteiger partial charge < -0.3 is 4.52 Å². The molecule has 0 spiro atoms. The van der Waals surface area contributed by atoms with Crippen LogP contribution in [0.5, 0.6) is 0 Å². The van der Waals surface area contributed by atoms with E-state index in [1.807, 2.05) is 0 Å². The van der Waals surface area contributed by atoms with Crippen molar-refractivity contribution in [2.24, 2.45) is 0 Å². The van der Waals surface area contributed by atoms with Crippen LogP contribution in [-0.4, -0.2) is 15.9 Å². The van der Waals surface area contributed by atoms with Crippen molar-refractivity contribution in [2.45, 2.75) is 26.7 Å². The van der Waals surface area contributed by atoms with Gasteiger partial charge in [-0.05, 0) is 13.8 Å². The first-order valence-corrected chi connectivity index (χ1v) is 3.42. The lowest BCUT2D eigenvalue weighted by atomic mass is 10.1. The average molecular weight is 154 g/mol. The molecule has 0 N–H and O–H groups in total. The van der Waals surface area contributed by atoms with Gasteiger partial charge in [-0.15, -0.1) is 0 Å². The quantitative estimate of drug-likeness (QED) is 0.639. The van der Waals surface area contributed by atoms with E-state index >= 15 is 0 Å². The first-order chi connectivity index (χ1) is 5.11. The summed E-state index contributed by atoms with van der Waals surface area (Å²) in [6.07, 6.45) is 0. The van der Waals surface area contributed by atoms with Crippen LogP contribution in [0.15, 0.2) is 4.52 Å². The predicted octanol–water partition coefficient (Wildman–Crippen LogP) is 1.07. The molecule has 1 aromatic rings. The molecule has 4 nitrogen and oxygen atoms in total. The number of nitrogens with zero attached hydrogens (tertiary/aromatic N) is 2. The molecule has 0 aliphatic carbocycles. The molecule has 0 bridgehead atoms. The summed E-state index contributed by atoms with van der Waals surface area (Å²) in [6.45, 7) is 4.96. The Labute approximate surface area is 64.6 Å². The number of carbonyl (C=O) groups is 1. The number of rotatable bonds is 2. The molecule has 0 saturated carbocycles. The molecule has 0 saturated heterocycles. The van der Waals surface area contributed by atoms with Crippen LogP contribution in [0, 0.1) is 6.92 Å². The summed E-state index contributed by atoms with van der Waals surface area (Å²) in [5.41, 5.74) is 0. The maximum absolute atomic E-state index is 10.8. The molecule has 1 atom stereocenters. The lowest BCUT2D eigenvalue weighted by Gasteiger charge is -1.97. The van der Waals surface area contributed by atoms with E-state index in [1.165, 1.54) is 6.92 Å². The monoisotopic (exact) mass is 154 g/mol. The van der Waals surface area contributed by atoms with Gasteiger partial charge in [-0.25, -0.2) is 0 Å². The van der Waals surface area contributed by atoms with Crippen molar-refractivity contribution < 1.29 is 9.32 Å². The fourth-order valence-corrected chi connectivity index (χ4v) is 0.673. The van der Waals surface area contributed by atoms with Gasteiger partial charge >= 0.3 is 0 Å². The molecule has 0 aromatic carbocycles. The van der Waals surface area contributed by atoms with Gasteiger partial charge in [0.15, 0.2) is 5.82 Å². The van der Waals surface area contributed by atoms with E-state index in [0.29, 0.717) is 11.7 Å². The van der Waals surface area contributed by atoms with E-state index in [-0.39, 0.29) is 11.7 Å². The summed E-state index contributed by atoms with van der Waals surface area (Å²) in [4.78, 5) is 14.8. The molecule has 1 heterocycles. The lowest BCUT2D eigenvalue weighted by molar-refractivity contribution is -0.118. The Hall–Kier alpha value is -1.19. The van der Waals surface area contributed by atoms with Crippen LogP contribution in [0.4, 0.5) is 0 Å². The van der Waals surface area contributed by atoms with Crippen molar-refractivity contribution in [3.8, 4) is 0 Å². The number of ketones is 1. The first-order valence-electron chi connectivity index (χ1n) is 3.42. The minimum absolute atomic E-state index is 0.0470. The number of carbonyl (C=O) groups excluding carboxylic acids is 1. The molecule has 0 aliphatic rings. The van der Waals surface area contributed by atoms with E-state index in [0.717, 1.165) is 0 Å². The van der Waals surface area contributed by atoms with Crippen LogP contribution < -0.4 is 0 Å². The number of Topliss-reactive ketones (excluding diaryl/α,β-unsaturated/α-hetero) is 1. The summed E-state index contributed by atoms with van der Waals surface area (Å²) in [5, 5.41) is 3.63. The summed E-state index contributed by atoms with van der Waals surface area (Å²) >= 11 is 0. The van der Waals surface area contributed by atoms with Gasteiger partial charge in [0, 0.05) is 6.92 Å². The number of hydrogen-bond donors (Lipinski definition) is 0. The molecule has 1 aromatic heterocycles. The van der Waals surface area contributed by atoms with E-state index in [9.17, 15) is 4.79 Å². The van der Waals surface area contributed by atoms with Crippen molar-refractivity contribution in [3.05, 3.63) is 11.7 Å². The second-order valence-electron chi connectivity index (χ2n) is 2.50. The van der Waals surface area contributed by atoms with E-state index in [1.54, 1.807) is 13.8 Å². The Bertz CT molecular complexity index is 267. The van der Waals surface area contributed by atoms with Crippen LogP contribution >= 0.6 is 0 Å². The van der Waals surface area contributed by atoms with Crippen molar-refractivity contribution in [1.29, 1.82) is 0 Å². The van der Waals surface area contributed by atoms with Crippen LogP contribution in [-0.2, 0) is 4.79 Å². The molecule has 0 amide bonds. The van der Waals surface area contributed by atoms with Crippen LogP contribution in [0.25, 0.3) is 0 Å². The van der Waals surface area contributed by atoms with E-state index in [2.05, 4.69) is 10.1 Å². The molecular formula is C7H10N2O2. The average Bonchev–Trinajstić information content (AvgIpc) is 2.34. The van der Waals surface area contributed by atoms with Gasteiger partial charge in [0.2, 0.25) is 5.89 Å². The first kappa shape index (κ1) is 7.91. The minimum atomic E-state index is -0.257. The topological polar surface area (TPSA) is 56.0 Å². The van der Waals surface area contributed by atoms with Crippen molar-refractivity contribution in [1.82, 2.24) is 10.1 Å². The zero-order chi connectivity index (χ0) is 8.43. The molecule has 11 heavy (non-hydrogen) atoms. The van der Waals surface area contributed by atoms with Gasteiger partial charge in [-0.3, -0.25) is 4.79 Å². The second kappa shape index (κ2) is 2.82. The highest BCUT2D eigenvalue weighted by molar-refractivity contribution is 5.81. The van der Waals surface area contributed by atoms with Crippen molar-refractivity contribution in [2.75, 3.05) is 0 Å².